The Labute approximate surface area is 68.8 Å². The zero-order chi connectivity index (χ0) is 8.85. The quantitative estimate of drug-likeness (QED) is 0.639. The number of rotatable bonds is 4. The Morgan fingerprint density at radius 3 is 2.45 bits per heavy atom. The van der Waals surface area contributed by atoms with Crippen molar-refractivity contribution in [2.75, 3.05) is 27.2 Å². The summed E-state index contributed by atoms with van der Waals surface area (Å²) in [6.07, 6.45) is 0. The highest BCUT2D eigenvalue weighted by Crippen LogP contribution is 1.95. The molecule has 11 heavy (non-hydrogen) atoms. The van der Waals surface area contributed by atoms with Crippen LogP contribution < -0.4 is 5.32 Å². The maximum Gasteiger partial charge on any atom is 0.224 e. The molecule has 0 bridgehead atoms. The second-order valence-electron chi connectivity index (χ2n) is 3.06. The molecule has 0 saturated carbocycles. The van der Waals surface area contributed by atoms with Gasteiger partial charge in [-0.3, -0.25) is 4.79 Å². The van der Waals surface area contributed by atoms with Gasteiger partial charge in [0.15, 0.2) is 0 Å². The topological polar surface area (TPSA) is 32.3 Å². The summed E-state index contributed by atoms with van der Waals surface area (Å²) in [7, 11) is 3.94. The molecule has 0 aromatic carbocycles. The first kappa shape index (κ1) is 10.4. The number of hydrogen-bond acceptors (Lipinski definition) is 2. The largest absolute Gasteiger partial charge is 0.356 e. The van der Waals surface area contributed by atoms with Gasteiger partial charge in [0.05, 0.1) is 0 Å². The summed E-state index contributed by atoms with van der Waals surface area (Å²) in [4.78, 5) is 13.2. The zero-order valence-corrected chi connectivity index (χ0v) is 7.85. The van der Waals surface area contributed by atoms with Crippen molar-refractivity contribution < 1.29 is 4.79 Å². The van der Waals surface area contributed by atoms with Crippen LogP contribution in [0.3, 0.4) is 0 Å². The lowest BCUT2D eigenvalue weighted by molar-refractivity contribution is -0.124. The van der Waals surface area contributed by atoms with Crippen molar-refractivity contribution in [1.29, 1.82) is 0 Å². The lowest BCUT2D eigenvalue weighted by Gasteiger charge is -2.15. The molecule has 3 heteroatoms. The Balaban J connectivity index is 3.64. The molecular weight excluding hydrogens is 140 g/mol. The van der Waals surface area contributed by atoms with Crippen molar-refractivity contribution in [3.05, 3.63) is 0 Å². The molecule has 0 aliphatic rings. The van der Waals surface area contributed by atoms with Crippen molar-refractivity contribution in [2.45, 2.75) is 13.8 Å². The van der Waals surface area contributed by atoms with Gasteiger partial charge < -0.3 is 10.2 Å². The summed E-state index contributed by atoms with van der Waals surface area (Å²) in [5.74, 6) is 0.228. The van der Waals surface area contributed by atoms with Crippen LogP contribution in [0.15, 0.2) is 0 Å². The van der Waals surface area contributed by atoms with E-state index in [0.717, 1.165) is 13.1 Å². The Hall–Kier alpha value is -0.570. The summed E-state index contributed by atoms with van der Waals surface area (Å²) in [5, 5.41) is 2.79. The highest BCUT2D eigenvalue weighted by atomic mass is 16.1. The number of nitrogens with zero attached hydrogens (tertiary/aromatic N) is 1. The third-order valence-electron chi connectivity index (χ3n) is 1.44. The van der Waals surface area contributed by atoms with E-state index in [0.29, 0.717) is 0 Å². The Morgan fingerprint density at radius 1 is 1.55 bits per heavy atom. The molecule has 0 aliphatic heterocycles. The monoisotopic (exact) mass is 158 g/mol. The molecule has 1 atom stereocenters. The third kappa shape index (κ3) is 4.79. The van der Waals surface area contributed by atoms with Crippen LogP contribution in [0.2, 0.25) is 0 Å². The van der Waals surface area contributed by atoms with E-state index >= 15 is 0 Å². The lowest BCUT2D eigenvalue weighted by atomic mass is 10.1. The molecule has 0 rings (SSSR count). The van der Waals surface area contributed by atoms with Gasteiger partial charge >= 0.3 is 0 Å². The van der Waals surface area contributed by atoms with Crippen LogP contribution in [-0.4, -0.2) is 38.0 Å². The van der Waals surface area contributed by atoms with Crippen LogP contribution in [0, 0.1) is 5.92 Å². The van der Waals surface area contributed by atoms with Gasteiger partial charge in [-0.05, 0) is 21.0 Å². The Morgan fingerprint density at radius 2 is 2.09 bits per heavy atom. The van der Waals surface area contributed by atoms with Gasteiger partial charge in [0.2, 0.25) is 5.91 Å². The van der Waals surface area contributed by atoms with Gasteiger partial charge in [0.1, 0.15) is 0 Å². The molecule has 1 unspecified atom stereocenters. The molecule has 0 radical (unpaired) electrons. The summed E-state index contributed by atoms with van der Waals surface area (Å²) >= 11 is 0. The standard InChI is InChI=1S/C8H18N2O/c1-5-9-8(11)7(2)6-10(3)4/h7H,5-6H2,1-4H3,(H,9,11). The Bertz CT molecular complexity index is 123. The highest BCUT2D eigenvalue weighted by Gasteiger charge is 2.11. The molecule has 0 aromatic heterocycles. The molecule has 1 amide bonds. The van der Waals surface area contributed by atoms with E-state index in [-0.39, 0.29) is 11.8 Å². The van der Waals surface area contributed by atoms with E-state index in [9.17, 15) is 4.79 Å². The summed E-state index contributed by atoms with van der Waals surface area (Å²) in [6, 6.07) is 0. The van der Waals surface area contributed by atoms with Gasteiger partial charge in [-0.25, -0.2) is 0 Å². The SMILES string of the molecule is CCNC(=O)C(C)CN(C)C. The van der Waals surface area contributed by atoms with Gasteiger partial charge in [-0.15, -0.1) is 0 Å². The van der Waals surface area contributed by atoms with Crippen LogP contribution in [-0.2, 0) is 4.79 Å². The second kappa shape index (κ2) is 5.13. The lowest BCUT2D eigenvalue weighted by Crippen LogP contribution is -2.34. The van der Waals surface area contributed by atoms with Crippen LogP contribution in [0.4, 0.5) is 0 Å². The van der Waals surface area contributed by atoms with Crippen molar-refractivity contribution in [3.63, 3.8) is 0 Å². The molecule has 0 aliphatic carbocycles. The minimum absolute atomic E-state index is 0.0879. The number of carbonyl (C=O) groups excluding carboxylic acids is 1. The van der Waals surface area contributed by atoms with Crippen LogP contribution in [0.1, 0.15) is 13.8 Å². The first-order valence-electron chi connectivity index (χ1n) is 4.00. The molecular formula is C8H18N2O. The van der Waals surface area contributed by atoms with E-state index in [1.165, 1.54) is 0 Å². The van der Waals surface area contributed by atoms with Crippen LogP contribution in [0.25, 0.3) is 0 Å². The fraction of sp³-hybridized carbons (Fsp3) is 0.875. The fourth-order valence-electron chi connectivity index (χ4n) is 0.979. The van der Waals surface area contributed by atoms with E-state index < -0.39 is 0 Å². The van der Waals surface area contributed by atoms with Crippen LogP contribution in [0.5, 0.6) is 0 Å². The normalized spacial score (nSPS) is 13.2. The second-order valence-corrected chi connectivity index (χ2v) is 3.06. The van der Waals surface area contributed by atoms with Gasteiger partial charge in [0, 0.05) is 19.0 Å². The average molecular weight is 158 g/mol. The molecule has 66 valence electrons. The molecule has 0 aromatic rings. The number of amides is 1. The highest BCUT2D eigenvalue weighted by molar-refractivity contribution is 5.78. The molecule has 0 heterocycles. The van der Waals surface area contributed by atoms with Crippen molar-refractivity contribution in [1.82, 2.24) is 10.2 Å². The average Bonchev–Trinajstić information content (AvgIpc) is 1.86. The molecule has 1 N–H and O–H groups in total. The fourth-order valence-corrected chi connectivity index (χ4v) is 0.979. The maximum atomic E-state index is 11.1. The van der Waals surface area contributed by atoms with Crippen LogP contribution >= 0.6 is 0 Å². The first-order valence-corrected chi connectivity index (χ1v) is 4.00. The van der Waals surface area contributed by atoms with E-state index in [1.807, 2.05) is 32.8 Å². The first-order chi connectivity index (χ1) is 5.07. The molecule has 0 fully saturated rings. The summed E-state index contributed by atoms with van der Waals surface area (Å²) < 4.78 is 0. The molecule has 3 nitrogen and oxygen atoms in total. The van der Waals surface area contributed by atoms with Crippen molar-refractivity contribution in [2.24, 2.45) is 5.92 Å². The zero-order valence-electron chi connectivity index (χ0n) is 7.85. The maximum absolute atomic E-state index is 11.1. The number of nitrogens with one attached hydrogen (secondary N) is 1. The third-order valence-corrected chi connectivity index (χ3v) is 1.44. The van der Waals surface area contributed by atoms with Crippen molar-refractivity contribution in [3.8, 4) is 0 Å². The summed E-state index contributed by atoms with van der Waals surface area (Å²) in [6.45, 7) is 5.40. The number of carbonyl (C=O) groups is 1. The number of hydrogen-bond donors (Lipinski definition) is 1. The van der Waals surface area contributed by atoms with E-state index in [1.54, 1.807) is 0 Å². The minimum atomic E-state index is 0.0879. The molecule has 0 spiro atoms. The predicted molar refractivity (Wildman–Crippen MR) is 46.4 cm³/mol. The van der Waals surface area contributed by atoms with E-state index in [4.69, 9.17) is 0 Å². The van der Waals surface area contributed by atoms with Gasteiger partial charge in [0.25, 0.3) is 0 Å². The Kier molecular flexibility index (Phi) is 4.86. The smallest absolute Gasteiger partial charge is 0.224 e. The van der Waals surface area contributed by atoms with Crippen molar-refractivity contribution >= 4 is 5.91 Å². The minimum Gasteiger partial charge on any atom is -0.356 e. The predicted octanol–water partition coefficient (Wildman–Crippen LogP) is 0.320. The van der Waals surface area contributed by atoms with E-state index in [2.05, 4.69) is 5.32 Å². The van der Waals surface area contributed by atoms with Gasteiger partial charge in [-0.1, -0.05) is 6.92 Å². The summed E-state index contributed by atoms with van der Waals surface area (Å²) in [5.41, 5.74) is 0. The molecule has 0 saturated heterocycles. The van der Waals surface area contributed by atoms with Gasteiger partial charge in [-0.2, -0.15) is 0 Å².